The van der Waals surface area contributed by atoms with Crippen LogP contribution < -0.4 is 10.6 Å². The molecular weight excluding hydrogens is 326 g/mol. The average molecular weight is 354 g/mol. The lowest BCUT2D eigenvalue weighted by molar-refractivity contribution is -0.135. The Morgan fingerprint density at radius 3 is 2.92 bits per heavy atom. The Kier molecular flexibility index (Phi) is 7.49. The van der Waals surface area contributed by atoms with Crippen LogP contribution in [0.5, 0.6) is 0 Å². The van der Waals surface area contributed by atoms with E-state index in [1.165, 1.54) is 5.56 Å². The molecule has 1 aromatic rings. The van der Waals surface area contributed by atoms with Gasteiger partial charge in [0.05, 0.1) is 6.61 Å². The van der Waals surface area contributed by atoms with Gasteiger partial charge in [-0.25, -0.2) is 0 Å². The molecule has 0 aromatic heterocycles. The minimum atomic E-state index is -0.340. The van der Waals surface area contributed by atoms with E-state index < -0.39 is 0 Å². The Balaban J connectivity index is 0.00000208. The fraction of sp³-hybridized carbons (Fsp3) is 0.611. The molecule has 2 fully saturated rings. The van der Waals surface area contributed by atoms with Crippen molar-refractivity contribution in [3.05, 3.63) is 35.9 Å². The van der Waals surface area contributed by atoms with Crippen molar-refractivity contribution in [2.24, 2.45) is 5.92 Å². The van der Waals surface area contributed by atoms with Crippen molar-refractivity contribution < 1.29 is 9.53 Å². The van der Waals surface area contributed by atoms with Crippen LogP contribution >= 0.6 is 12.4 Å². The van der Waals surface area contributed by atoms with Gasteiger partial charge in [0.2, 0.25) is 0 Å². The molecule has 24 heavy (non-hydrogen) atoms. The summed E-state index contributed by atoms with van der Waals surface area (Å²) in [6.07, 6.45) is 0.797. The van der Waals surface area contributed by atoms with Gasteiger partial charge < -0.3 is 15.4 Å². The van der Waals surface area contributed by atoms with Crippen LogP contribution in [-0.2, 0) is 16.1 Å². The zero-order valence-electron chi connectivity index (χ0n) is 14.2. The van der Waals surface area contributed by atoms with Crippen molar-refractivity contribution >= 4 is 18.3 Å². The maximum absolute atomic E-state index is 12.2. The van der Waals surface area contributed by atoms with E-state index in [1.54, 1.807) is 0 Å². The Bertz CT molecular complexity index is 508. The van der Waals surface area contributed by atoms with Crippen LogP contribution in [-0.4, -0.2) is 55.7 Å². The second-order valence-corrected chi connectivity index (χ2v) is 6.63. The number of likely N-dealkylation sites (tertiary alicyclic amines) is 1. The maximum atomic E-state index is 12.2. The first-order valence-corrected chi connectivity index (χ1v) is 8.61. The number of carbonyl (C=O) groups excluding carboxylic acids is 1. The number of carbonyl (C=O) groups is 1. The minimum Gasteiger partial charge on any atom is -0.366 e. The summed E-state index contributed by atoms with van der Waals surface area (Å²) in [4.78, 5) is 14.7. The number of rotatable bonds is 5. The quantitative estimate of drug-likeness (QED) is 0.840. The van der Waals surface area contributed by atoms with E-state index in [4.69, 9.17) is 4.74 Å². The van der Waals surface area contributed by atoms with E-state index >= 15 is 0 Å². The van der Waals surface area contributed by atoms with Crippen molar-refractivity contribution in [2.45, 2.75) is 32.0 Å². The molecule has 2 N–H and O–H groups in total. The van der Waals surface area contributed by atoms with Crippen LogP contribution in [0.1, 0.15) is 18.9 Å². The number of benzene rings is 1. The highest BCUT2D eigenvalue weighted by molar-refractivity contribution is 5.85. The smallest absolute Gasteiger partial charge is 0.250 e. The summed E-state index contributed by atoms with van der Waals surface area (Å²) in [5.74, 6) is 0.533. The van der Waals surface area contributed by atoms with Crippen LogP contribution in [0, 0.1) is 5.92 Å². The standard InChI is InChI=1S/C18H27N3O2.ClH/c1-14(20-18(22)17-11-19-8-10-23-17)16-7-9-21(13-16)12-15-5-3-2-4-6-15;/h2-6,14,16-17,19H,7-13H2,1H3,(H,20,22);1H. The highest BCUT2D eigenvalue weighted by Gasteiger charge is 2.30. The molecule has 2 heterocycles. The van der Waals surface area contributed by atoms with E-state index in [2.05, 4.69) is 52.8 Å². The monoisotopic (exact) mass is 353 g/mol. The molecular formula is C18H28ClN3O2. The van der Waals surface area contributed by atoms with Crippen LogP contribution in [0.3, 0.4) is 0 Å². The van der Waals surface area contributed by atoms with Gasteiger partial charge in [-0.2, -0.15) is 0 Å². The molecule has 2 aliphatic rings. The van der Waals surface area contributed by atoms with E-state index in [0.29, 0.717) is 19.1 Å². The number of halogens is 1. The second kappa shape index (κ2) is 9.37. The van der Waals surface area contributed by atoms with Gasteiger partial charge in [0.25, 0.3) is 5.91 Å². The van der Waals surface area contributed by atoms with E-state index in [9.17, 15) is 4.79 Å². The zero-order valence-corrected chi connectivity index (χ0v) is 15.1. The Hall–Kier alpha value is -1.14. The van der Waals surface area contributed by atoms with Crippen molar-refractivity contribution in [1.29, 1.82) is 0 Å². The Labute approximate surface area is 150 Å². The molecule has 3 unspecified atom stereocenters. The van der Waals surface area contributed by atoms with Crippen LogP contribution in [0.15, 0.2) is 30.3 Å². The highest BCUT2D eigenvalue weighted by Crippen LogP contribution is 2.21. The summed E-state index contributed by atoms with van der Waals surface area (Å²) >= 11 is 0. The number of amides is 1. The highest BCUT2D eigenvalue weighted by atomic mass is 35.5. The Morgan fingerprint density at radius 2 is 2.21 bits per heavy atom. The number of ether oxygens (including phenoxy) is 1. The molecule has 0 saturated carbocycles. The molecule has 0 bridgehead atoms. The van der Waals surface area contributed by atoms with E-state index in [-0.39, 0.29) is 30.5 Å². The van der Waals surface area contributed by atoms with Gasteiger partial charge in [-0.1, -0.05) is 30.3 Å². The summed E-state index contributed by atoms with van der Waals surface area (Å²) in [5.41, 5.74) is 1.35. The van der Waals surface area contributed by atoms with Gasteiger partial charge in [-0.05, 0) is 31.4 Å². The third-order valence-electron chi connectivity index (χ3n) is 4.85. The lowest BCUT2D eigenvalue weighted by Crippen LogP contribution is -2.51. The number of hydrogen-bond acceptors (Lipinski definition) is 4. The number of morpholine rings is 1. The number of hydrogen-bond donors (Lipinski definition) is 2. The summed E-state index contributed by atoms with van der Waals surface area (Å²) in [5, 5.41) is 6.34. The molecule has 3 atom stereocenters. The van der Waals surface area contributed by atoms with Gasteiger partial charge in [0, 0.05) is 32.2 Å². The summed E-state index contributed by atoms with van der Waals surface area (Å²) in [7, 11) is 0. The minimum absolute atomic E-state index is 0. The van der Waals surface area contributed by atoms with Gasteiger partial charge in [0.1, 0.15) is 6.10 Å². The largest absolute Gasteiger partial charge is 0.366 e. The third-order valence-corrected chi connectivity index (χ3v) is 4.85. The van der Waals surface area contributed by atoms with Gasteiger partial charge in [-0.15, -0.1) is 12.4 Å². The second-order valence-electron chi connectivity index (χ2n) is 6.63. The molecule has 3 rings (SSSR count). The fourth-order valence-corrected chi connectivity index (χ4v) is 3.42. The normalized spacial score (nSPS) is 25.7. The Morgan fingerprint density at radius 1 is 1.42 bits per heavy atom. The van der Waals surface area contributed by atoms with Gasteiger partial charge >= 0.3 is 0 Å². The molecule has 2 aliphatic heterocycles. The van der Waals surface area contributed by atoms with E-state index in [0.717, 1.165) is 32.6 Å². The van der Waals surface area contributed by atoms with Crippen molar-refractivity contribution in [3.63, 3.8) is 0 Å². The van der Waals surface area contributed by atoms with Crippen LogP contribution in [0.4, 0.5) is 0 Å². The molecule has 5 nitrogen and oxygen atoms in total. The summed E-state index contributed by atoms with van der Waals surface area (Å²) in [6, 6.07) is 10.8. The predicted molar refractivity (Wildman–Crippen MR) is 97.3 cm³/mol. The SMILES string of the molecule is CC(NC(=O)C1CNCCO1)C1CCN(Cc2ccccc2)C1.Cl. The lowest BCUT2D eigenvalue weighted by Gasteiger charge is -2.27. The molecule has 0 aliphatic carbocycles. The van der Waals surface area contributed by atoms with Crippen molar-refractivity contribution in [1.82, 2.24) is 15.5 Å². The first kappa shape index (κ1) is 19.2. The first-order valence-electron chi connectivity index (χ1n) is 8.61. The van der Waals surface area contributed by atoms with Crippen LogP contribution in [0.2, 0.25) is 0 Å². The molecule has 134 valence electrons. The van der Waals surface area contributed by atoms with Gasteiger partial charge in [0.15, 0.2) is 0 Å². The fourth-order valence-electron chi connectivity index (χ4n) is 3.42. The zero-order chi connectivity index (χ0) is 16.1. The number of nitrogens with zero attached hydrogens (tertiary/aromatic N) is 1. The molecule has 1 amide bonds. The number of nitrogens with one attached hydrogen (secondary N) is 2. The maximum Gasteiger partial charge on any atom is 0.250 e. The third kappa shape index (κ3) is 5.18. The summed E-state index contributed by atoms with van der Waals surface area (Å²) in [6.45, 7) is 7.31. The van der Waals surface area contributed by atoms with Crippen molar-refractivity contribution in [2.75, 3.05) is 32.8 Å². The topological polar surface area (TPSA) is 53.6 Å². The summed E-state index contributed by atoms with van der Waals surface area (Å²) < 4.78 is 5.52. The first-order chi connectivity index (χ1) is 11.2. The molecule has 2 saturated heterocycles. The molecule has 6 heteroatoms. The van der Waals surface area contributed by atoms with Gasteiger partial charge in [-0.3, -0.25) is 9.69 Å². The molecule has 0 spiro atoms. The molecule has 1 aromatic carbocycles. The average Bonchev–Trinajstić information content (AvgIpc) is 3.05. The van der Waals surface area contributed by atoms with Crippen LogP contribution in [0.25, 0.3) is 0 Å². The lowest BCUT2D eigenvalue weighted by atomic mass is 10.0. The molecule has 0 radical (unpaired) electrons. The van der Waals surface area contributed by atoms with E-state index in [1.807, 2.05) is 0 Å². The van der Waals surface area contributed by atoms with Crippen molar-refractivity contribution in [3.8, 4) is 0 Å². The predicted octanol–water partition coefficient (Wildman–Crippen LogP) is 1.42.